The Morgan fingerprint density at radius 1 is 1.38 bits per heavy atom. The van der Waals surface area contributed by atoms with Crippen LogP contribution in [-0.2, 0) is 11.3 Å². The third-order valence-corrected chi connectivity index (χ3v) is 5.58. The van der Waals surface area contributed by atoms with Crippen molar-refractivity contribution in [1.82, 2.24) is 20.4 Å². The Bertz CT molecular complexity index is 868. The van der Waals surface area contributed by atoms with Crippen molar-refractivity contribution in [1.29, 1.82) is 0 Å². The average Bonchev–Trinajstić information content (AvgIpc) is 3.18. The fourth-order valence-corrected chi connectivity index (χ4v) is 4.03. The fourth-order valence-electron chi connectivity index (χ4n) is 3.84. The highest BCUT2D eigenvalue weighted by Crippen LogP contribution is 2.38. The number of amides is 3. The predicted octanol–water partition coefficient (Wildman–Crippen LogP) is 3.39. The molecule has 3 amide bonds. The topological polar surface area (TPSA) is 88.3 Å². The lowest BCUT2D eigenvalue weighted by Gasteiger charge is -2.36. The molecule has 1 aromatic carbocycles. The van der Waals surface area contributed by atoms with Crippen molar-refractivity contribution in [2.45, 2.75) is 44.7 Å². The van der Waals surface area contributed by atoms with Gasteiger partial charge in [0, 0.05) is 10.6 Å². The second-order valence-electron chi connectivity index (χ2n) is 6.96. The third-order valence-electron chi connectivity index (χ3n) is 5.35. The van der Waals surface area contributed by atoms with Crippen molar-refractivity contribution < 1.29 is 14.1 Å². The van der Waals surface area contributed by atoms with Gasteiger partial charge in [0.1, 0.15) is 12.1 Å². The van der Waals surface area contributed by atoms with E-state index in [9.17, 15) is 9.59 Å². The molecule has 2 aromatic rings. The molecule has 26 heavy (non-hydrogen) atoms. The SMILES string of the molecule is C[C@H]1CCCC[C@@]12NC(=O)N(Cc1nc(-c3cccc(Cl)c3)no1)C2=O. The molecule has 0 radical (unpaired) electrons. The van der Waals surface area contributed by atoms with Crippen molar-refractivity contribution in [2.75, 3.05) is 0 Å². The minimum atomic E-state index is -0.787. The van der Waals surface area contributed by atoms with Gasteiger partial charge in [-0.1, -0.05) is 48.7 Å². The molecule has 1 spiro atoms. The normalized spacial score (nSPS) is 25.8. The van der Waals surface area contributed by atoms with E-state index in [0.717, 1.165) is 19.3 Å². The second kappa shape index (κ2) is 6.39. The van der Waals surface area contributed by atoms with Crippen molar-refractivity contribution >= 4 is 23.5 Å². The summed E-state index contributed by atoms with van der Waals surface area (Å²) in [5.74, 6) is 0.499. The average molecular weight is 375 g/mol. The lowest BCUT2D eigenvalue weighted by Crippen LogP contribution is -2.53. The Balaban J connectivity index is 1.54. The number of hydrogen-bond donors (Lipinski definition) is 1. The Hall–Kier alpha value is -2.41. The van der Waals surface area contributed by atoms with Crippen molar-refractivity contribution in [3.8, 4) is 11.4 Å². The van der Waals surface area contributed by atoms with Gasteiger partial charge in [-0.3, -0.25) is 9.69 Å². The molecule has 8 heteroatoms. The molecule has 2 fully saturated rings. The van der Waals surface area contributed by atoms with E-state index in [1.54, 1.807) is 18.2 Å². The standard InChI is InChI=1S/C18H19ClN4O3/c1-11-5-2-3-8-18(11)16(24)23(17(25)21-18)10-14-20-15(22-26-14)12-6-4-7-13(19)9-12/h4,6-7,9,11H,2-3,5,8,10H2,1H3,(H,21,25)/t11-,18+/m0/s1. The highest BCUT2D eigenvalue weighted by molar-refractivity contribution is 6.30. The molecule has 0 unspecified atom stereocenters. The van der Waals surface area contributed by atoms with Crippen LogP contribution in [0.2, 0.25) is 5.02 Å². The summed E-state index contributed by atoms with van der Waals surface area (Å²) in [4.78, 5) is 30.9. The number of benzene rings is 1. The Morgan fingerprint density at radius 2 is 2.23 bits per heavy atom. The zero-order valence-corrected chi connectivity index (χ0v) is 15.1. The van der Waals surface area contributed by atoms with Gasteiger partial charge < -0.3 is 9.84 Å². The Kier molecular flexibility index (Phi) is 4.19. The number of nitrogens with one attached hydrogen (secondary N) is 1. The van der Waals surface area contributed by atoms with Gasteiger partial charge in [0.05, 0.1) is 0 Å². The number of hydrogen-bond acceptors (Lipinski definition) is 5. The van der Waals surface area contributed by atoms with Gasteiger partial charge in [-0.15, -0.1) is 0 Å². The molecule has 1 aromatic heterocycles. The number of urea groups is 1. The monoisotopic (exact) mass is 374 g/mol. The van der Waals surface area contributed by atoms with Crippen LogP contribution in [0.3, 0.4) is 0 Å². The summed E-state index contributed by atoms with van der Waals surface area (Å²) in [5.41, 5.74) is -0.0763. The largest absolute Gasteiger partial charge is 0.337 e. The lowest BCUT2D eigenvalue weighted by atomic mass is 9.73. The second-order valence-corrected chi connectivity index (χ2v) is 7.40. The predicted molar refractivity (Wildman–Crippen MR) is 94.2 cm³/mol. The van der Waals surface area contributed by atoms with Crippen LogP contribution in [0.5, 0.6) is 0 Å². The summed E-state index contributed by atoms with van der Waals surface area (Å²) in [7, 11) is 0. The van der Waals surface area contributed by atoms with E-state index >= 15 is 0 Å². The van der Waals surface area contributed by atoms with Gasteiger partial charge >= 0.3 is 6.03 Å². The molecule has 136 valence electrons. The van der Waals surface area contributed by atoms with Gasteiger partial charge in [0.25, 0.3) is 5.91 Å². The first-order valence-electron chi connectivity index (χ1n) is 8.72. The number of nitrogens with zero attached hydrogens (tertiary/aromatic N) is 3. The number of imide groups is 1. The molecular weight excluding hydrogens is 356 g/mol. The Morgan fingerprint density at radius 3 is 3.00 bits per heavy atom. The molecule has 0 bridgehead atoms. The van der Waals surface area contributed by atoms with Crippen LogP contribution in [-0.4, -0.2) is 32.5 Å². The summed E-state index contributed by atoms with van der Waals surface area (Å²) in [6.07, 6.45) is 3.62. The van der Waals surface area contributed by atoms with Crippen LogP contribution in [0.1, 0.15) is 38.5 Å². The van der Waals surface area contributed by atoms with Crippen LogP contribution >= 0.6 is 11.6 Å². The zero-order chi connectivity index (χ0) is 18.3. The van der Waals surface area contributed by atoms with Crippen LogP contribution < -0.4 is 5.32 Å². The van der Waals surface area contributed by atoms with Crippen LogP contribution in [0.15, 0.2) is 28.8 Å². The highest BCUT2D eigenvalue weighted by atomic mass is 35.5. The molecule has 2 atom stereocenters. The summed E-state index contributed by atoms with van der Waals surface area (Å²) >= 11 is 5.98. The summed E-state index contributed by atoms with van der Waals surface area (Å²) in [6, 6.07) is 6.69. The van der Waals surface area contributed by atoms with Gasteiger partial charge in [-0.2, -0.15) is 4.98 Å². The first kappa shape index (κ1) is 17.0. The van der Waals surface area contributed by atoms with E-state index < -0.39 is 11.6 Å². The summed E-state index contributed by atoms with van der Waals surface area (Å²) < 4.78 is 5.24. The lowest BCUT2D eigenvalue weighted by molar-refractivity contribution is -0.134. The number of carbonyl (C=O) groups is 2. The minimum Gasteiger partial charge on any atom is -0.337 e. The van der Waals surface area contributed by atoms with Gasteiger partial charge in [-0.25, -0.2) is 4.79 Å². The quantitative estimate of drug-likeness (QED) is 0.832. The number of halogens is 1. The van der Waals surface area contributed by atoms with E-state index in [1.807, 2.05) is 13.0 Å². The smallest absolute Gasteiger partial charge is 0.325 e. The Labute approximate surface area is 155 Å². The molecule has 1 saturated heterocycles. The summed E-state index contributed by atoms with van der Waals surface area (Å²) in [6.45, 7) is 1.98. The van der Waals surface area contributed by atoms with E-state index in [0.29, 0.717) is 22.8 Å². The van der Waals surface area contributed by atoms with E-state index in [2.05, 4.69) is 15.5 Å². The molecule has 4 rings (SSSR count). The van der Waals surface area contributed by atoms with Crippen LogP contribution in [0.4, 0.5) is 4.79 Å². The molecular formula is C18H19ClN4O3. The highest BCUT2D eigenvalue weighted by Gasteiger charge is 2.55. The molecule has 7 nitrogen and oxygen atoms in total. The van der Waals surface area contributed by atoms with Gasteiger partial charge in [0.15, 0.2) is 0 Å². The number of rotatable bonds is 3. The van der Waals surface area contributed by atoms with Crippen LogP contribution in [0, 0.1) is 5.92 Å². The summed E-state index contributed by atoms with van der Waals surface area (Å²) in [5, 5.41) is 7.41. The molecule has 1 saturated carbocycles. The number of carbonyl (C=O) groups excluding carboxylic acids is 2. The van der Waals surface area contributed by atoms with E-state index in [4.69, 9.17) is 16.1 Å². The van der Waals surface area contributed by atoms with Crippen molar-refractivity contribution in [2.24, 2.45) is 5.92 Å². The van der Waals surface area contributed by atoms with E-state index in [-0.39, 0.29) is 24.3 Å². The molecule has 2 heterocycles. The van der Waals surface area contributed by atoms with Gasteiger partial charge in [0.2, 0.25) is 11.7 Å². The first-order chi connectivity index (χ1) is 12.5. The fraction of sp³-hybridized carbons (Fsp3) is 0.444. The zero-order valence-electron chi connectivity index (χ0n) is 14.4. The number of aromatic nitrogens is 2. The maximum atomic E-state index is 13.0. The van der Waals surface area contributed by atoms with Crippen molar-refractivity contribution in [3.63, 3.8) is 0 Å². The maximum absolute atomic E-state index is 13.0. The first-order valence-corrected chi connectivity index (χ1v) is 9.10. The molecule has 2 aliphatic rings. The minimum absolute atomic E-state index is 0.0350. The van der Waals surface area contributed by atoms with Gasteiger partial charge in [-0.05, 0) is 30.9 Å². The van der Waals surface area contributed by atoms with Crippen LogP contribution in [0.25, 0.3) is 11.4 Å². The molecule has 1 N–H and O–H groups in total. The van der Waals surface area contributed by atoms with E-state index in [1.165, 1.54) is 4.90 Å². The molecule has 1 aliphatic carbocycles. The third kappa shape index (κ3) is 2.76. The maximum Gasteiger partial charge on any atom is 0.325 e. The molecule has 1 aliphatic heterocycles. The van der Waals surface area contributed by atoms with Crippen molar-refractivity contribution in [3.05, 3.63) is 35.2 Å².